The molecule has 2 heterocycles. The number of hydrazine groups is 1. The summed E-state index contributed by atoms with van der Waals surface area (Å²) in [5.41, 5.74) is 1.14. The van der Waals surface area contributed by atoms with Crippen LogP contribution in [0.1, 0.15) is 11.1 Å². The quantitative estimate of drug-likeness (QED) is 0.614. The molecule has 0 spiro atoms. The van der Waals surface area contributed by atoms with Gasteiger partial charge in [-0.1, -0.05) is 17.7 Å². The van der Waals surface area contributed by atoms with Gasteiger partial charge >= 0.3 is 12.2 Å². The third kappa shape index (κ3) is 2.95. The van der Waals surface area contributed by atoms with Crippen LogP contribution in [0.3, 0.4) is 0 Å². The maximum absolute atomic E-state index is 12.6. The number of anilines is 1. The molecule has 5 nitrogen and oxygen atoms in total. The van der Waals surface area contributed by atoms with Crippen LogP contribution >= 0.6 is 11.6 Å². The topological polar surface area (TPSA) is 71.2 Å². The lowest BCUT2D eigenvalue weighted by Gasteiger charge is -2.25. The zero-order valence-electron chi connectivity index (χ0n) is 11.5. The van der Waals surface area contributed by atoms with Crippen molar-refractivity contribution >= 4 is 23.3 Å². The first-order valence-corrected chi connectivity index (χ1v) is 6.83. The van der Waals surface area contributed by atoms with E-state index in [2.05, 4.69) is 10.3 Å². The lowest BCUT2D eigenvalue weighted by Crippen LogP contribution is -2.43. The van der Waals surface area contributed by atoms with Gasteiger partial charge in [-0.15, -0.1) is 0 Å². The summed E-state index contributed by atoms with van der Waals surface area (Å²) in [5, 5.41) is 3.48. The first kappa shape index (κ1) is 15.6. The number of aromatic nitrogens is 1. The second-order valence-electron chi connectivity index (χ2n) is 4.98. The number of nitrogens with one attached hydrogen (secondary N) is 1. The zero-order valence-corrected chi connectivity index (χ0v) is 12.2. The number of alkyl halides is 3. The number of hydrogen-bond acceptors (Lipinski definition) is 3. The van der Waals surface area contributed by atoms with Crippen LogP contribution in [-0.4, -0.2) is 16.0 Å². The van der Waals surface area contributed by atoms with Crippen LogP contribution in [0.5, 0.6) is 0 Å². The van der Waals surface area contributed by atoms with Crippen LogP contribution in [0.2, 0.25) is 5.02 Å². The van der Waals surface area contributed by atoms with Crippen molar-refractivity contribution in [1.29, 1.82) is 0 Å². The zero-order chi connectivity index (χ0) is 16.8. The smallest absolute Gasteiger partial charge is 0.306 e. The number of nitrogens with zero attached hydrogens (tertiary/aromatic N) is 2. The Balaban J connectivity index is 2.00. The van der Waals surface area contributed by atoms with Gasteiger partial charge < -0.3 is 5.32 Å². The molecular weight excluding hydrogens is 333 g/mol. The van der Waals surface area contributed by atoms with Crippen LogP contribution < -0.4 is 11.2 Å². The average Bonchev–Trinajstić information content (AvgIpc) is 2.47. The van der Waals surface area contributed by atoms with Gasteiger partial charge in [0.1, 0.15) is 0 Å². The number of fused-ring (bicyclic) bond motifs is 1. The summed E-state index contributed by atoms with van der Waals surface area (Å²) in [6.07, 6.45) is -3.77. The van der Waals surface area contributed by atoms with Gasteiger partial charge in [0.15, 0.2) is 0 Å². The summed E-state index contributed by atoms with van der Waals surface area (Å²) in [6.45, 7) is 0.174. The highest BCUT2D eigenvalue weighted by Gasteiger charge is 2.31. The van der Waals surface area contributed by atoms with Gasteiger partial charge in [0.2, 0.25) is 0 Å². The van der Waals surface area contributed by atoms with Gasteiger partial charge in [-0.05, 0) is 23.8 Å². The Hall–Kier alpha value is -2.32. The SMILES string of the molecule is NN1Cc2cc(-c3ncc(C(F)(F)F)cc3Cl)ccc2NC1=O. The molecule has 0 saturated carbocycles. The van der Waals surface area contributed by atoms with Crippen molar-refractivity contribution in [3.63, 3.8) is 0 Å². The van der Waals surface area contributed by atoms with Crippen LogP contribution in [0.15, 0.2) is 30.5 Å². The second-order valence-corrected chi connectivity index (χ2v) is 5.39. The normalized spacial score (nSPS) is 14.5. The van der Waals surface area contributed by atoms with Crippen LogP contribution in [0, 0.1) is 0 Å². The number of nitrogens with two attached hydrogens (primary N) is 1. The molecule has 0 saturated heterocycles. The summed E-state index contributed by atoms with van der Waals surface area (Å²) in [7, 11) is 0. The Morgan fingerprint density at radius 1 is 1.30 bits per heavy atom. The van der Waals surface area contributed by atoms with E-state index in [0.717, 1.165) is 17.3 Å². The summed E-state index contributed by atoms with van der Waals surface area (Å²) >= 11 is 5.94. The number of hydrogen-bond donors (Lipinski definition) is 2. The molecule has 0 bridgehead atoms. The Morgan fingerprint density at radius 2 is 2.04 bits per heavy atom. The van der Waals surface area contributed by atoms with Gasteiger partial charge in [-0.3, -0.25) is 9.99 Å². The van der Waals surface area contributed by atoms with Crippen molar-refractivity contribution < 1.29 is 18.0 Å². The molecule has 0 aliphatic carbocycles. The molecule has 120 valence electrons. The molecule has 1 aliphatic rings. The van der Waals surface area contributed by atoms with Crippen molar-refractivity contribution in [3.05, 3.63) is 46.6 Å². The summed E-state index contributed by atoms with van der Waals surface area (Å²) < 4.78 is 37.9. The Kier molecular flexibility index (Phi) is 3.65. The molecule has 3 rings (SSSR count). The number of urea groups is 1. The van der Waals surface area contributed by atoms with Crippen molar-refractivity contribution in [1.82, 2.24) is 9.99 Å². The lowest BCUT2D eigenvalue weighted by molar-refractivity contribution is -0.137. The van der Waals surface area contributed by atoms with Crippen molar-refractivity contribution in [2.75, 3.05) is 5.32 Å². The molecule has 2 aromatic rings. The average molecular weight is 343 g/mol. The number of benzene rings is 1. The first-order valence-electron chi connectivity index (χ1n) is 6.45. The molecule has 9 heteroatoms. The molecule has 0 radical (unpaired) electrons. The molecule has 0 atom stereocenters. The van der Waals surface area contributed by atoms with Crippen LogP contribution in [-0.2, 0) is 12.7 Å². The van der Waals surface area contributed by atoms with Gasteiger partial charge in [-0.25, -0.2) is 10.6 Å². The second kappa shape index (κ2) is 5.39. The van der Waals surface area contributed by atoms with E-state index < -0.39 is 17.8 Å². The standard InChI is InChI=1S/C14H10ClF3N4O/c15-10-4-9(14(16,17)18)5-20-12(10)7-1-2-11-8(3-7)6-22(19)13(23)21-11/h1-5H,6,19H2,(H,21,23). The van der Waals surface area contributed by atoms with E-state index >= 15 is 0 Å². The molecule has 2 amide bonds. The monoisotopic (exact) mass is 342 g/mol. The minimum Gasteiger partial charge on any atom is -0.306 e. The van der Waals surface area contributed by atoms with Gasteiger partial charge in [-0.2, -0.15) is 13.2 Å². The van der Waals surface area contributed by atoms with E-state index in [1.54, 1.807) is 18.2 Å². The fourth-order valence-corrected chi connectivity index (χ4v) is 2.52. The minimum atomic E-state index is -4.50. The molecule has 3 N–H and O–H groups in total. The summed E-state index contributed by atoms with van der Waals surface area (Å²) in [5.74, 6) is 5.53. The highest BCUT2D eigenvalue weighted by Crippen LogP contribution is 2.35. The molecule has 0 unspecified atom stereocenters. The first-order chi connectivity index (χ1) is 10.8. The van der Waals surface area contributed by atoms with E-state index in [0.29, 0.717) is 16.8 Å². The van der Waals surface area contributed by atoms with Crippen molar-refractivity contribution in [2.24, 2.45) is 5.84 Å². The number of carbonyl (C=O) groups excluding carboxylic acids is 1. The number of amides is 2. The van der Waals surface area contributed by atoms with Gasteiger partial charge in [0.05, 0.1) is 22.8 Å². The number of carbonyl (C=O) groups is 1. The Labute approximate surface area is 133 Å². The fraction of sp³-hybridized carbons (Fsp3) is 0.143. The fourth-order valence-electron chi connectivity index (χ4n) is 2.24. The lowest BCUT2D eigenvalue weighted by atomic mass is 10.0. The van der Waals surface area contributed by atoms with E-state index in [-0.39, 0.29) is 17.3 Å². The maximum Gasteiger partial charge on any atom is 0.417 e. The highest BCUT2D eigenvalue weighted by atomic mass is 35.5. The van der Waals surface area contributed by atoms with E-state index in [4.69, 9.17) is 17.4 Å². The Bertz CT molecular complexity index is 794. The van der Waals surface area contributed by atoms with E-state index in [1.807, 2.05) is 0 Å². The molecule has 1 aromatic heterocycles. The Morgan fingerprint density at radius 3 is 2.70 bits per heavy atom. The van der Waals surface area contributed by atoms with Gasteiger partial charge in [0, 0.05) is 17.4 Å². The van der Waals surface area contributed by atoms with E-state index in [1.165, 1.54) is 0 Å². The number of pyridine rings is 1. The predicted octanol–water partition coefficient (Wildman–Crippen LogP) is 3.64. The molecule has 23 heavy (non-hydrogen) atoms. The highest BCUT2D eigenvalue weighted by molar-refractivity contribution is 6.33. The molecular formula is C14H10ClF3N4O. The van der Waals surface area contributed by atoms with Crippen LogP contribution in [0.4, 0.5) is 23.7 Å². The molecule has 1 aliphatic heterocycles. The predicted molar refractivity (Wildman–Crippen MR) is 78.4 cm³/mol. The molecule has 0 fully saturated rings. The number of halogens is 4. The van der Waals surface area contributed by atoms with Crippen LogP contribution in [0.25, 0.3) is 11.3 Å². The molecule has 1 aromatic carbocycles. The minimum absolute atomic E-state index is 0.107. The van der Waals surface area contributed by atoms with E-state index in [9.17, 15) is 18.0 Å². The third-order valence-electron chi connectivity index (χ3n) is 3.39. The van der Waals surface area contributed by atoms with Crippen molar-refractivity contribution in [3.8, 4) is 11.3 Å². The number of rotatable bonds is 1. The maximum atomic E-state index is 12.6. The van der Waals surface area contributed by atoms with Crippen molar-refractivity contribution in [2.45, 2.75) is 12.7 Å². The van der Waals surface area contributed by atoms with Gasteiger partial charge in [0.25, 0.3) is 0 Å². The summed E-state index contributed by atoms with van der Waals surface area (Å²) in [6, 6.07) is 5.32. The summed E-state index contributed by atoms with van der Waals surface area (Å²) in [4.78, 5) is 15.3. The largest absolute Gasteiger partial charge is 0.417 e. The third-order valence-corrected chi connectivity index (χ3v) is 3.68.